The SMILES string of the molecule is CCC(=O)NC1CCC(Nc2cc(=NC3CC3)n3ncc(=Cc4[nH]c(=O)[nH]c4O)c3n2)CC1.O=C(O)C(F)(F)F. The molecule has 0 bridgehead atoms. The van der Waals surface area contributed by atoms with Crippen LogP contribution in [0.1, 0.15) is 57.6 Å². The Bertz CT molecular complexity index is 1550. The number of carbonyl (C=O) groups is 2. The van der Waals surface area contributed by atoms with E-state index in [1.165, 1.54) is 0 Å². The zero-order chi connectivity index (χ0) is 29.0. The molecule has 0 saturated heterocycles. The van der Waals surface area contributed by atoms with E-state index in [9.17, 15) is 27.9 Å². The van der Waals surface area contributed by atoms with E-state index < -0.39 is 17.8 Å². The molecule has 40 heavy (non-hydrogen) atoms. The summed E-state index contributed by atoms with van der Waals surface area (Å²) in [5.74, 6) is -2.18. The largest absolute Gasteiger partial charge is 0.493 e. The molecule has 16 heteroatoms. The van der Waals surface area contributed by atoms with Gasteiger partial charge in [0.25, 0.3) is 0 Å². The number of carbonyl (C=O) groups excluding carboxylic acids is 1. The molecule has 2 saturated carbocycles. The van der Waals surface area contributed by atoms with E-state index in [0.29, 0.717) is 29.1 Å². The molecule has 0 spiro atoms. The number of aliphatic carboxylic acids is 1. The lowest BCUT2D eigenvalue weighted by Gasteiger charge is -2.30. The molecule has 3 aromatic rings. The Morgan fingerprint density at radius 1 is 1.18 bits per heavy atom. The highest BCUT2D eigenvalue weighted by Gasteiger charge is 2.38. The number of halogens is 3. The lowest BCUT2D eigenvalue weighted by Crippen LogP contribution is -2.40. The van der Waals surface area contributed by atoms with Gasteiger partial charge in [-0.1, -0.05) is 6.92 Å². The van der Waals surface area contributed by atoms with Gasteiger partial charge < -0.3 is 25.8 Å². The predicted octanol–water partition coefficient (Wildman–Crippen LogP) is 0.945. The van der Waals surface area contributed by atoms with Crippen molar-refractivity contribution in [2.24, 2.45) is 4.99 Å². The first kappa shape index (κ1) is 28.6. The van der Waals surface area contributed by atoms with Crippen LogP contribution in [0, 0.1) is 0 Å². The first-order chi connectivity index (χ1) is 18.9. The van der Waals surface area contributed by atoms with E-state index >= 15 is 0 Å². The number of anilines is 1. The normalized spacial score (nSPS) is 20.2. The van der Waals surface area contributed by atoms with Crippen LogP contribution in [0.5, 0.6) is 5.88 Å². The third-order valence-electron chi connectivity index (χ3n) is 6.39. The smallest absolute Gasteiger partial charge is 0.490 e. The number of aromatic amines is 2. The Labute approximate surface area is 224 Å². The van der Waals surface area contributed by atoms with Gasteiger partial charge >= 0.3 is 17.8 Å². The number of carboxylic acid groups (broad SMARTS) is 1. The van der Waals surface area contributed by atoms with Crippen LogP contribution < -0.4 is 27.0 Å². The summed E-state index contributed by atoms with van der Waals surface area (Å²) in [5, 5.41) is 28.8. The average molecular weight is 567 g/mol. The third-order valence-corrected chi connectivity index (χ3v) is 6.39. The van der Waals surface area contributed by atoms with Crippen LogP contribution in [-0.4, -0.2) is 71.0 Å². The Morgan fingerprint density at radius 3 is 2.38 bits per heavy atom. The third kappa shape index (κ3) is 7.39. The minimum absolute atomic E-state index is 0.101. The lowest BCUT2D eigenvalue weighted by atomic mass is 9.91. The second kappa shape index (κ2) is 11.8. The Morgan fingerprint density at radius 2 is 1.82 bits per heavy atom. The summed E-state index contributed by atoms with van der Waals surface area (Å²) in [6, 6.07) is 2.72. The fourth-order valence-electron chi connectivity index (χ4n) is 4.19. The zero-order valence-electron chi connectivity index (χ0n) is 21.5. The fraction of sp³-hybridized carbons (Fsp3) is 0.500. The molecule has 0 radical (unpaired) electrons. The van der Waals surface area contributed by atoms with Gasteiger partial charge in [0.1, 0.15) is 11.5 Å². The number of aromatic hydroxyl groups is 1. The summed E-state index contributed by atoms with van der Waals surface area (Å²) in [6.45, 7) is 1.87. The van der Waals surface area contributed by atoms with Crippen molar-refractivity contribution in [3.63, 3.8) is 0 Å². The first-order valence-corrected chi connectivity index (χ1v) is 12.7. The predicted molar refractivity (Wildman–Crippen MR) is 135 cm³/mol. The first-order valence-electron chi connectivity index (χ1n) is 12.7. The summed E-state index contributed by atoms with van der Waals surface area (Å²) < 4.78 is 33.4. The molecule has 0 atom stereocenters. The molecule has 0 aliphatic heterocycles. The van der Waals surface area contributed by atoms with E-state index in [1.807, 2.05) is 13.0 Å². The summed E-state index contributed by atoms with van der Waals surface area (Å²) in [7, 11) is 0. The highest BCUT2D eigenvalue weighted by molar-refractivity contribution is 5.75. The summed E-state index contributed by atoms with van der Waals surface area (Å²) in [5.41, 5.74) is 1.09. The van der Waals surface area contributed by atoms with Gasteiger partial charge in [-0.25, -0.2) is 14.6 Å². The van der Waals surface area contributed by atoms with Crippen molar-refractivity contribution in [3.8, 4) is 5.88 Å². The highest BCUT2D eigenvalue weighted by atomic mass is 19.4. The van der Waals surface area contributed by atoms with Gasteiger partial charge in [0.2, 0.25) is 11.8 Å². The number of alkyl halides is 3. The van der Waals surface area contributed by atoms with Crippen LogP contribution in [0.4, 0.5) is 19.0 Å². The van der Waals surface area contributed by atoms with Gasteiger partial charge in [-0.15, -0.1) is 0 Å². The Hall–Kier alpha value is -4.37. The number of imidazole rings is 1. The molecule has 5 rings (SSSR count). The molecule has 1 amide bonds. The van der Waals surface area contributed by atoms with Crippen molar-refractivity contribution in [2.75, 3.05) is 5.32 Å². The molecule has 0 aromatic carbocycles. The maximum atomic E-state index is 11.7. The molecule has 3 heterocycles. The fourth-order valence-corrected chi connectivity index (χ4v) is 4.19. The molecular weight excluding hydrogens is 537 g/mol. The number of aromatic nitrogens is 5. The number of amides is 1. The quantitative estimate of drug-likeness (QED) is 0.254. The van der Waals surface area contributed by atoms with Crippen molar-refractivity contribution in [1.29, 1.82) is 0 Å². The molecule has 3 aromatic heterocycles. The van der Waals surface area contributed by atoms with Crippen LogP contribution >= 0.6 is 0 Å². The van der Waals surface area contributed by atoms with Gasteiger partial charge in [-0.2, -0.15) is 22.8 Å². The number of H-pyrrole nitrogens is 2. The Balaban J connectivity index is 0.000000470. The van der Waals surface area contributed by atoms with Gasteiger partial charge in [0.15, 0.2) is 11.1 Å². The summed E-state index contributed by atoms with van der Waals surface area (Å²) >= 11 is 0. The van der Waals surface area contributed by atoms with Crippen LogP contribution in [-0.2, 0) is 9.59 Å². The van der Waals surface area contributed by atoms with Gasteiger partial charge in [0.05, 0.1) is 12.2 Å². The number of carboxylic acids is 1. The molecule has 6 N–H and O–H groups in total. The van der Waals surface area contributed by atoms with Gasteiger partial charge in [-0.3, -0.25) is 14.8 Å². The lowest BCUT2D eigenvalue weighted by molar-refractivity contribution is -0.192. The van der Waals surface area contributed by atoms with Crippen molar-refractivity contribution < 1.29 is 33.0 Å². The summed E-state index contributed by atoms with van der Waals surface area (Å²) in [6.07, 6.45) is 4.57. The number of rotatable bonds is 6. The number of nitrogens with one attached hydrogen (secondary N) is 4. The van der Waals surface area contributed by atoms with E-state index in [-0.39, 0.29) is 29.6 Å². The van der Waals surface area contributed by atoms with E-state index in [2.05, 4.69) is 25.7 Å². The molecule has 2 aliphatic rings. The van der Waals surface area contributed by atoms with Gasteiger partial charge in [-0.05, 0) is 44.6 Å². The molecule has 13 nitrogen and oxygen atoms in total. The maximum Gasteiger partial charge on any atom is 0.490 e. The molecule has 0 unspecified atom stereocenters. The van der Waals surface area contributed by atoms with Crippen molar-refractivity contribution in [2.45, 2.75) is 76.2 Å². The van der Waals surface area contributed by atoms with Crippen LogP contribution in [0.2, 0.25) is 0 Å². The topological polar surface area (TPSA) is 190 Å². The molecule has 2 fully saturated rings. The van der Waals surface area contributed by atoms with E-state index in [1.54, 1.807) is 16.8 Å². The zero-order valence-corrected chi connectivity index (χ0v) is 21.5. The standard InChI is InChI=1S/C22H28N8O3.C2HF3O2/c1-2-19(31)26-15-7-3-13(4-8-15)24-17-10-18(25-14-5-6-14)30-20(28-17)12(11-23-30)9-16-21(32)29-22(33)27-16;3-2(4,5)1(6)7/h9-11,13-15,24,32H,2-8H2,1H3,(H,26,31)(H2,27,29,33);(H,6,7). The second-order valence-electron chi connectivity index (χ2n) is 9.60. The van der Waals surface area contributed by atoms with E-state index in [4.69, 9.17) is 19.9 Å². The highest BCUT2D eigenvalue weighted by Crippen LogP contribution is 2.23. The number of fused-ring (bicyclic) bond motifs is 1. The van der Waals surface area contributed by atoms with Crippen molar-refractivity contribution in [3.05, 3.63) is 39.1 Å². The maximum absolute atomic E-state index is 11.7. The number of nitrogens with zero attached hydrogens (tertiary/aromatic N) is 4. The Kier molecular flexibility index (Phi) is 8.44. The number of hydrogen-bond donors (Lipinski definition) is 6. The van der Waals surface area contributed by atoms with E-state index in [0.717, 1.165) is 44.0 Å². The summed E-state index contributed by atoms with van der Waals surface area (Å²) in [4.78, 5) is 46.5. The molecular formula is C24H29F3N8O5. The second-order valence-corrected chi connectivity index (χ2v) is 9.60. The molecule has 2 aliphatic carbocycles. The van der Waals surface area contributed by atoms with Crippen LogP contribution in [0.3, 0.4) is 0 Å². The van der Waals surface area contributed by atoms with Crippen LogP contribution in [0.15, 0.2) is 22.1 Å². The van der Waals surface area contributed by atoms with Crippen molar-refractivity contribution >= 4 is 29.4 Å². The average Bonchev–Trinajstić information content (AvgIpc) is 3.53. The van der Waals surface area contributed by atoms with Crippen molar-refractivity contribution in [1.82, 2.24) is 29.9 Å². The monoisotopic (exact) mass is 566 g/mol. The minimum Gasteiger partial charge on any atom is -0.493 e. The van der Waals surface area contributed by atoms with Gasteiger partial charge in [0, 0.05) is 29.8 Å². The van der Waals surface area contributed by atoms with Crippen LogP contribution in [0.25, 0.3) is 11.7 Å². The number of hydrogen-bond acceptors (Lipinski definition) is 8. The minimum atomic E-state index is -5.08. The molecule has 216 valence electrons.